The molecular formula is C16H21N3O3S. The van der Waals surface area contributed by atoms with E-state index in [4.69, 9.17) is 10.00 Å². The number of nitrogens with one attached hydrogen (secondary N) is 1. The molecule has 1 aromatic heterocycles. The fraction of sp³-hybridized carbons (Fsp3) is 0.625. The van der Waals surface area contributed by atoms with Crippen molar-refractivity contribution in [2.24, 2.45) is 0 Å². The summed E-state index contributed by atoms with van der Waals surface area (Å²) in [6.07, 6.45) is 5.76. The topological polar surface area (TPSA) is 95.8 Å². The van der Waals surface area contributed by atoms with Crippen LogP contribution in [-0.4, -0.2) is 27.3 Å². The molecule has 1 aromatic rings. The summed E-state index contributed by atoms with van der Waals surface area (Å²) in [6, 6.07) is 1.87. The van der Waals surface area contributed by atoms with Gasteiger partial charge in [-0.3, -0.25) is 9.59 Å². The molecule has 1 heterocycles. The molecule has 0 spiro atoms. The van der Waals surface area contributed by atoms with Gasteiger partial charge in [-0.1, -0.05) is 25.1 Å². The second-order valence-corrected chi connectivity index (χ2v) is 6.94. The summed E-state index contributed by atoms with van der Waals surface area (Å²) < 4.78 is 5.53. The number of esters is 1. The Labute approximate surface area is 139 Å². The number of hydrogen-bond acceptors (Lipinski definition) is 6. The molecule has 0 radical (unpaired) electrons. The van der Waals surface area contributed by atoms with Crippen molar-refractivity contribution in [3.63, 3.8) is 0 Å². The molecule has 124 valence electrons. The van der Waals surface area contributed by atoms with Crippen LogP contribution in [0.4, 0.5) is 0 Å². The highest BCUT2D eigenvalue weighted by Crippen LogP contribution is 2.24. The zero-order valence-electron chi connectivity index (χ0n) is 13.4. The molecule has 2 rings (SSSR count). The largest absolute Gasteiger partial charge is 0.462 e. The first-order valence-corrected chi connectivity index (χ1v) is 8.83. The van der Waals surface area contributed by atoms with Crippen LogP contribution in [0.5, 0.6) is 0 Å². The predicted molar refractivity (Wildman–Crippen MR) is 87.2 cm³/mol. The average molecular weight is 335 g/mol. The maximum Gasteiger partial charge on any atom is 0.319 e. The van der Waals surface area contributed by atoms with Gasteiger partial charge in [0, 0.05) is 0 Å². The molecule has 1 aliphatic carbocycles. The number of hydrogen-bond donors (Lipinski definition) is 1. The van der Waals surface area contributed by atoms with E-state index in [1.165, 1.54) is 6.42 Å². The summed E-state index contributed by atoms with van der Waals surface area (Å²) in [7, 11) is 0. The molecule has 1 saturated carbocycles. The van der Waals surface area contributed by atoms with Gasteiger partial charge in [-0.05, 0) is 39.0 Å². The Hall–Kier alpha value is -1.81. The third-order valence-corrected chi connectivity index (χ3v) is 4.84. The number of H-pyrrole nitrogens is 1. The Kier molecular flexibility index (Phi) is 6.22. The Balaban J connectivity index is 2.03. The highest BCUT2D eigenvalue weighted by Gasteiger charge is 2.23. The summed E-state index contributed by atoms with van der Waals surface area (Å²) in [5.41, 5.74) is 0.0237. The van der Waals surface area contributed by atoms with E-state index in [0.717, 1.165) is 37.4 Å². The van der Waals surface area contributed by atoms with E-state index in [1.54, 1.807) is 6.92 Å². The van der Waals surface area contributed by atoms with E-state index in [9.17, 15) is 9.59 Å². The number of carbonyl (C=O) groups is 1. The van der Waals surface area contributed by atoms with Crippen molar-refractivity contribution < 1.29 is 9.53 Å². The number of aromatic amines is 1. The van der Waals surface area contributed by atoms with Crippen molar-refractivity contribution in [2.75, 3.05) is 0 Å². The van der Waals surface area contributed by atoms with E-state index in [-0.39, 0.29) is 17.6 Å². The molecule has 6 nitrogen and oxygen atoms in total. The van der Waals surface area contributed by atoms with Crippen molar-refractivity contribution in [2.45, 2.75) is 68.9 Å². The van der Waals surface area contributed by atoms with Crippen LogP contribution in [0.1, 0.15) is 57.2 Å². The number of aryl methyl sites for hydroxylation is 1. The van der Waals surface area contributed by atoms with Gasteiger partial charge in [0.25, 0.3) is 5.56 Å². The molecule has 7 heteroatoms. The standard InChI is InChI=1S/C16H21N3O3S/c1-3-13-12(9-17)14(20)19-16(18-13)23-10(2)15(21)22-11-7-5-4-6-8-11/h10-11H,3-8H2,1-2H3,(H,18,19,20)/t10-/m1/s1. The van der Waals surface area contributed by atoms with Gasteiger partial charge < -0.3 is 9.72 Å². The van der Waals surface area contributed by atoms with Crippen molar-refractivity contribution in [1.29, 1.82) is 5.26 Å². The number of thioether (sulfide) groups is 1. The Morgan fingerprint density at radius 1 is 1.48 bits per heavy atom. The molecule has 23 heavy (non-hydrogen) atoms. The molecule has 1 N–H and O–H groups in total. The van der Waals surface area contributed by atoms with Crippen LogP contribution in [0.15, 0.2) is 9.95 Å². The zero-order chi connectivity index (χ0) is 16.8. The summed E-state index contributed by atoms with van der Waals surface area (Å²) in [4.78, 5) is 30.9. The lowest BCUT2D eigenvalue weighted by Crippen LogP contribution is -2.26. The molecule has 0 aromatic carbocycles. The molecule has 0 amide bonds. The van der Waals surface area contributed by atoms with Crippen LogP contribution in [-0.2, 0) is 16.0 Å². The minimum atomic E-state index is -0.463. The van der Waals surface area contributed by atoms with E-state index in [2.05, 4.69) is 9.97 Å². The van der Waals surface area contributed by atoms with Gasteiger partial charge in [-0.15, -0.1) is 0 Å². The van der Waals surface area contributed by atoms with Gasteiger partial charge in [-0.2, -0.15) is 5.26 Å². The maximum absolute atomic E-state index is 12.2. The van der Waals surface area contributed by atoms with Gasteiger partial charge in [0.1, 0.15) is 23.0 Å². The van der Waals surface area contributed by atoms with Gasteiger partial charge in [0.15, 0.2) is 5.16 Å². The molecule has 0 unspecified atom stereocenters. The minimum absolute atomic E-state index is 0.0125. The van der Waals surface area contributed by atoms with Gasteiger partial charge in [0.05, 0.1) is 5.69 Å². The smallest absolute Gasteiger partial charge is 0.319 e. The molecule has 0 saturated heterocycles. The fourth-order valence-electron chi connectivity index (χ4n) is 2.58. The normalized spacial score (nSPS) is 16.6. The van der Waals surface area contributed by atoms with Crippen molar-refractivity contribution in [3.8, 4) is 6.07 Å². The van der Waals surface area contributed by atoms with Gasteiger partial charge in [-0.25, -0.2) is 4.98 Å². The number of nitriles is 1. The third kappa shape index (κ3) is 4.58. The lowest BCUT2D eigenvalue weighted by atomic mass is 9.98. The van der Waals surface area contributed by atoms with Crippen LogP contribution in [0.25, 0.3) is 0 Å². The van der Waals surface area contributed by atoms with Gasteiger partial charge in [0.2, 0.25) is 0 Å². The first-order valence-electron chi connectivity index (χ1n) is 7.95. The number of aromatic nitrogens is 2. The van der Waals surface area contributed by atoms with Crippen molar-refractivity contribution in [3.05, 3.63) is 21.6 Å². The summed E-state index contributed by atoms with van der Waals surface area (Å²) in [5.74, 6) is -0.285. The Bertz CT molecular complexity index is 660. The van der Waals surface area contributed by atoms with Crippen LogP contribution < -0.4 is 5.56 Å². The fourth-order valence-corrected chi connectivity index (χ4v) is 3.38. The Morgan fingerprint density at radius 2 is 2.17 bits per heavy atom. The second kappa shape index (κ2) is 8.16. The van der Waals surface area contributed by atoms with Crippen LogP contribution >= 0.6 is 11.8 Å². The lowest BCUT2D eigenvalue weighted by molar-refractivity contribution is -0.149. The van der Waals surface area contributed by atoms with Crippen LogP contribution in [0.2, 0.25) is 0 Å². The minimum Gasteiger partial charge on any atom is -0.462 e. The lowest BCUT2D eigenvalue weighted by Gasteiger charge is -2.23. The van der Waals surface area contributed by atoms with E-state index < -0.39 is 10.8 Å². The van der Waals surface area contributed by atoms with E-state index >= 15 is 0 Å². The van der Waals surface area contributed by atoms with E-state index in [0.29, 0.717) is 17.3 Å². The summed E-state index contributed by atoms with van der Waals surface area (Å²) >= 11 is 1.15. The summed E-state index contributed by atoms with van der Waals surface area (Å²) in [6.45, 7) is 3.57. The molecule has 1 fully saturated rings. The SMILES string of the molecule is CCc1nc(S[C@H](C)C(=O)OC2CCCCC2)[nH]c(=O)c1C#N. The number of ether oxygens (including phenoxy) is 1. The molecule has 0 bridgehead atoms. The van der Waals surface area contributed by atoms with Crippen molar-refractivity contribution in [1.82, 2.24) is 9.97 Å². The molecule has 0 aliphatic heterocycles. The Morgan fingerprint density at radius 3 is 2.78 bits per heavy atom. The highest BCUT2D eigenvalue weighted by molar-refractivity contribution is 8.00. The number of carbonyl (C=O) groups excluding carboxylic acids is 1. The first kappa shape index (κ1) is 17.5. The summed E-state index contributed by atoms with van der Waals surface area (Å²) in [5, 5.41) is 8.87. The van der Waals surface area contributed by atoms with Gasteiger partial charge >= 0.3 is 5.97 Å². The number of rotatable bonds is 5. The molecular weight excluding hydrogens is 314 g/mol. The zero-order valence-corrected chi connectivity index (χ0v) is 14.2. The van der Waals surface area contributed by atoms with Crippen LogP contribution in [0.3, 0.4) is 0 Å². The van der Waals surface area contributed by atoms with Crippen molar-refractivity contribution >= 4 is 17.7 Å². The van der Waals surface area contributed by atoms with E-state index in [1.807, 2.05) is 13.0 Å². The molecule has 1 aliphatic rings. The van der Waals surface area contributed by atoms with Crippen LogP contribution in [0, 0.1) is 11.3 Å². The quantitative estimate of drug-likeness (QED) is 0.505. The third-order valence-electron chi connectivity index (χ3n) is 3.87. The molecule has 1 atom stereocenters. The predicted octanol–water partition coefficient (Wildman–Crippen LogP) is 2.56. The number of nitrogens with zero attached hydrogens (tertiary/aromatic N) is 2. The maximum atomic E-state index is 12.2. The monoisotopic (exact) mass is 335 g/mol. The highest BCUT2D eigenvalue weighted by atomic mass is 32.2. The average Bonchev–Trinajstić information content (AvgIpc) is 2.55. The second-order valence-electron chi connectivity index (χ2n) is 5.62. The first-order chi connectivity index (χ1) is 11.0.